The second kappa shape index (κ2) is 11.3. The first-order chi connectivity index (χ1) is 9.63. The summed E-state index contributed by atoms with van der Waals surface area (Å²) in [6, 6.07) is 6.25. The highest BCUT2D eigenvalue weighted by atomic mass is 127. The van der Waals surface area contributed by atoms with E-state index in [0.717, 1.165) is 12.0 Å². The molecule has 0 radical (unpaired) electrons. The summed E-state index contributed by atoms with van der Waals surface area (Å²) in [5.41, 5.74) is 6.64. The zero-order chi connectivity index (χ0) is 14.8. The molecule has 0 aliphatic rings. The van der Waals surface area contributed by atoms with Gasteiger partial charge in [-0.3, -0.25) is 10.1 Å². The number of hydrogen-bond donors (Lipinski definition) is 2. The van der Waals surface area contributed by atoms with Gasteiger partial charge in [0.05, 0.1) is 11.5 Å². The topological polar surface area (TPSA) is 103 Å². The van der Waals surface area contributed by atoms with E-state index in [-0.39, 0.29) is 29.7 Å². The minimum Gasteiger partial charge on any atom is -0.382 e. The van der Waals surface area contributed by atoms with Crippen molar-refractivity contribution in [1.29, 1.82) is 0 Å². The van der Waals surface area contributed by atoms with Gasteiger partial charge < -0.3 is 15.8 Å². The van der Waals surface area contributed by atoms with Crippen molar-refractivity contribution in [2.75, 3.05) is 19.8 Å². The van der Waals surface area contributed by atoms with Crippen LogP contribution >= 0.6 is 24.0 Å². The molecule has 7 nitrogen and oxygen atoms in total. The van der Waals surface area contributed by atoms with E-state index >= 15 is 0 Å². The third-order valence-electron chi connectivity index (χ3n) is 2.55. The Kier molecular flexibility index (Phi) is 10.5. The molecule has 1 aromatic carbocycles. The standard InChI is InChI=1S/C13H20N4O3.HI/c1-2-20-9-3-8-15-13(14)16-10-11-4-6-12(7-5-11)17(18)19;/h4-7H,2-3,8-10H2,1H3,(H3,14,15,16);1H. The molecule has 0 saturated heterocycles. The number of nitro benzene ring substituents is 1. The lowest BCUT2D eigenvalue weighted by atomic mass is 10.2. The van der Waals surface area contributed by atoms with Crippen LogP contribution in [0, 0.1) is 10.1 Å². The number of aliphatic imine (C=N–C) groups is 1. The van der Waals surface area contributed by atoms with Gasteiger partial charge in [-0.1, -0.05) is 12.1 Å². The molecule has 0 bridgehead atoms. The maximum atomic E-state index is 10.5. The Labute approximate surface area is 141 Å². The van der Waals surface area contributed by atoms with Crippen molar-refractivity contribution in [3.05, 3.63) is 39.9 Å². The van der Waals surface area contributed by atoms with Gasteiger partial charge in [0, 0.05) is 31.9 Å². The molecule has 0 aliphatic carbocycles. The van der Waals surface area contributed by atoms with Crippen molar-refractivity contribution in [2.45, 2.75) is 19.9 Å². The second-order valence-corrected chi connectivity index (χ2v) is 4.10. The Morgan fingerprint density at radius 2 is 2.10 bits per heavy atom. The Morgan fingerprint density at radius 3 is 2.67 bits per heavy atom. The molecule has 8 heteroatoms. The van der Waals surface area contributed by atoms with Crippen molar-refractivity contribution in [3.8, 4) is 0 Å². The fourth-order valence-corrected chi connectivity index (χ4v) is 1.49. The van der Waals surface area contributed by atoms with Gasteiger partial charge in [-0.15, -0.1) is 24.0 Å². The number of nitrogens with zero attached hydrogens (tertiary/aromatic N) is 2. The monoisotopic (exact) mass is 408 g/mol. The van der Waals surface area contributed by atoms with Gasteiger partial charge in [-0.2, -0.15) is 0 Å². The molecule has 0 heterocycles. The quantitative estimate of drug-likeness (QED) is 0.171. The molecule has 0 atom stereocenters. The summed E-state index contributed by atoms with van der Waals surface area (Å²) in [4.78, 5) is 14.2. The minimum absolute atomic E-state index is 0. The van der Waals surface area contributed by atoms with Crippen molar-refractivity contribution < 1.29 is 9.66 Å². The molecule has 1 aromatic rings. The summed E-state index contributed by atoms with van der Waals surface area (Å²) < 4.78 is 5.20. The van der Waals surface area contributed by atoms with Crippen LogP contribution < -0.4 is 11.1 Å². The molecule has 118 valence electrons. The number of nitro groups is 1. The minimum atomic E-state index is -0.429. The van der Waals surface area contributed by atoms with Gasteiger partial charge in [0.15, 0.2) is 5.96 Å². The maximum absolute atomic E-state index is 10.5. The van der Waals surface area contributed by atoms with Crippen LogP contribution in [0.3, 0.4) is 0 Å². The van der Waals surface area contributed by atoms with E-state index in [1.165, 1.54) is 12.1 Å². The lowest BCUT2D eigenvalue weighted by Gasteiger charge is -2.05. The lowest BCUT2D eigenvalue weighted by Crippen LogP contribution is -2.32. The van der Waals surface area contributed by atoms with Gasteiger partial charge in [0.1, 0.15) is 0 Å². The fraction of sp³-hybridized carbons (Fsp3) is 0.462. The zero-order valence-electron chi connectivity index (χ0n) is 11.9. The third kappa shape index (κ3) is 8.45. The zero-order valence-corrected chi connectivity index (χ0v) is 14.3. The van der Waals surface area contributed by atoms with Crippen LogP contribution in [0.4, 0.5) is 5.69 Å². The Morgan fingerprint density at radius 1 is 1.43 bits per heavy atom. The highest BCUT2D eigenvalue weighted by molar-refractivity contribution is 14.0. The first-order valence-corrected chi connectivity index (χ1v) is 6.48. The van der Waals surface area contributed by atoms with Gasteiger partial charge in [0.2, 0.25) is 0 Å². The summed E-state index contributed by atoms with van der Waals surface area (Å²) in [6.07, 6.45) is 0.863. The number of non-ortho nitro benzene ring substituents is 1. The Balaban J connectivity index is 0.00000400. The molecule has 1 rings (SSSR count). The van der Waals surface area contributed by atoms with Crippen LogP contribution in [0.5, 0.6) is 0 Å². The van der Waals surface area contributed by atoms with Crippen LogP contribution in [0.1, 0.15) is 18.9 Å². The number of hydrogen-bond acceptors (Lipinski definition) is 4. The molecular weight excluding hydrogens is 387 g/mol. The average Bonchev–Trinajstić information content (AvgIpc) is 2.45. The molecule has 0 amide bonds. The number of nitrogens with one attached hydrogen (secondary N) is 1. The SMILES string of the molecule is CCOCCCNC(N)=NCc1ccc([N+](=O)[O-])cc1.I. The largest absolute Gasteiger partial charge is 0.382 e. The first kappa shape index (κ1) is 19.6. The van der Waals surface area contributed by atoms with E-state index in [0.29, 0.717) is 32.3 Å². The smallest absolute Gasteiger partial charge is 0.269 e. The average molecular weight is 408 g/mol. The Hall–Kier alpha value is -1.42. The van der Waals surface area contributed by atoms with E-state index in [9.17, 15) is 10.1 Å². The van der Waals surface area contributed by atoms with Gasteiger partial charge in [-0.05, 0) is 18.9 Å². The lowest BCUT2D eigenvalue weighted by molar-refractivity contribution is -0.384. The number of ether oxygens (including phenoxy) is 1. The molecule has 0 saturated carbocycles. The van der Waals surface area contributed by atoms with Gasteiger partial charge in [-0.25, -0.2) is 4.99 Å². The summed E-state index contributed by atoms with van der Waals surface area (Å²) in [6.45, 7) is 4.45. The number of rotatable bonds is 8. The number of nitrogens with two attached hydrogens (primary N) is 1. The van der Waals surface area contributed by atoms with Crippen LogP contribution in [0.2, 0.25) is 0 Å². The van der Waals surface area contributed by atoms with Gasteiger partial charge >= 0.3 is 0 Å². The summed E-state index contributed by atoms with van der Waals surface area (Å²) in [5.74, 6) is 0.361. The molecule has 0 spiro atoms. The molecule has 3 N–H and O–H groups in total. The van der Waals surface area contributed by atoms with Crippen molar-refractivity contribution in [2.24, 2.45) is 10.7 Å². The number of halogens is 1. The van der Waals surface area contributed by atoms with E-state index in [4.69, 9.17) is 10.5 Å². The maximum Gasteiger partial charge on any atom is 0.269 e. The summed E-state index contributed by atoms with van der Waals surface area (Å²) >= 11 is 0. The molecule has 0 fully saturated rings. The normalized spacial score (nSPS) is 10.8. The van der Waals surface area contributed by atoms with Crippen molar-refractivity contribution in [1.82, 2.24) is 5.32 Å². The molecule has 0 aromatic heterocycles. The molecule has 0 unspecified atom stereocenters. The summed E-state index contributed by atoms with van der Waals surface area (Å²) in [5, 5.41) is 13.5. The van der Waals surface area contributed by atoms with E-state index < -0.39 is 4.92 Å². The van der Waals surface area contributed by atoms with Crippen LogP contribution in [0.15, 0.2) is 29.3 Å². The molecular formula is C13H21IN4O3. The van der Waals surface area contributed by atoms with E-state index in [1.807, 2.05) is 6.92 Å². The van der Waals surface area contributed by atoms with E-state index in [2.05, 4.69) is 10.3 Å². The predicted molar refractivity (Wildman–Crippen MR) is 93.0 cm³/mol. The van der Waals surface area contributed by atoms with Crippen LogP contribution in [-0.4, -0.2) is 30.6 Å². The highest BCUT2D eigenvalue weighted by Crippen LogP contribution is 2.12. The van der Waals surface area contributed by atoms with Gasteiger partial charge in [0.25, 0.3) is 5.69 Å². The van der Waals surface area contributed by atoms with Crippen molar-refractivity contribution in [3.63, 3.8) is 0 Å². The summed E-state index contributed by atoms with van der Waals surface area (Å²) in [7, 11) is 0. The van der Waals surface area contributed by atoms with E-state index in [1.54, 1.807) is 12.1 Å². The number of guanidine groups is 1. The number of benzene rings is 1. The first-order valence-electron chi connectivity index (χ1n) is 6.48. The second-order valence-electron chi connectivity index (χ2n) is 4.10. The molecule has 21 heavy (non-hydrogen) atoms. The third-order valence-corrected chi connectivity index (χ3v) is 2.55. The van der Waals surface area contributed by atoms with Crippen LogP contribution in [-0.2, 0) is 11.3 Å². The van der Waals surface area contributed by atoms with Crippen LogP contribution in [0.25, 0.3) is 0 Å². The Bertz CT molecular complexity index is 451. The molecule has 0 aliphatic heterocycles. The highest BCUT2D eigenvalue weighted by Gasteiger charge is 2.03. The predicted octanol–water partition coefficient (Wildman–Crippen LogP) is 2.04. The van der Waals surface area contributed by atoms with Crippen molar-refractivity contribution >= 4 is 35.6 Å². The fourth-order valence-electron chi connectivity index (χ4n) is 1.49.